The van der Waals surface area contributed by atoms with E-state index in [-0.39, 0.29) is 0 Å². The monoisotopic (exact) mass is 195 g/mol. The Kier molecular flexibility index (Phi) is 3.03. The molecule has 5 nitrogen and oxygen atoms in total. The largest absolute Gasteiger partial charge is 0.480 e. The first-order valence-electron chi connectivity index (χ1n) is 4.14. The van der Waals surface area contributed by atoms with Crippen molar-refractivity contribution in [2.24, 2.45) is 5.73 Å². The summed E-state index contributed by atoms with van der Waals surface area (Å²) in [6, 6.07) is 2.40. The van der Waals surface area contributed by atoms with Crippen LogP contribution in [0.3, 0.4) is 0 Å². The predicted octanol–water partition coefficient (Wildman–Crippen LogP) is 0.232. The number of carboxylic acid groups (broad SMARTS) is 1. The first-order chi connectivity index (χ1) is 6.52. The van der Waals surface area contributed by atoms with Crippen LogP contribution >= 0.6 is 0 Å². The quantitative estimate of drug-likeness (QED) is 0.721. The lowest BCUT2D eigenvalue weighted by Crippen LogP contribution is -2.21. The summed E-state index contributed by atoms with van der Waals surface area (Å²) in [6.07, 6.45) is 1.48. The summed E-state index contributed by atoms with van der Waals surface area (Å²) in [4.78, 5) is 16.4. The molecule has 0 saturated heterocycles. The van der Waals surface area contributed by atoms with Gasteiger partial charge in [0, 0.05) is 20.3 Å². The third kappa shape index (κ3) is 2.20. The van der Waals surface area contributed by atoms with Gasteiger partial charge >= 0.3 is 5.97 Å². The van der Waals surface area contributed by atoms with Gasteiger partial charge in [-0.15, -0.1) is 0 Å². The first-order valence-corrected chi connectivity index (χ1v) is 4.14. The van der Waals surface area contributed by atoms with E-state index in [0.29, 0.717) is 5.56 Å². The van der Waals surface area contributed by atoms with Crippen molar-refractivity contribution in [3.63, 3.8) is 0 Å². The van der Waals surface area contributed by atoms with Gasteiger partial charge in [0.1, 0.15) is 11.9 Å². The molecule has 0 aliphatic heterocycles. The highest BCUT2D eigenvalue weighted by molar-refractivity contribution is 5.75. The summed E-state index contributed by atoms with van der Waals surface area (Å²) in [5.41, 5.74) is 5.91. The van der Waals surface area contributed by atoms with Gasteiger partial charge in [0.15, 0.2) is 0 Å². The Balaban J connectivity index is 2.88. The van der Waals surface area contributed by atoms with Crippen molar-refractivity contribution in [3.8, 4) is 0 Å². The molecule has 1 heterocycles. The van der Waals surface area contributed by atoms with Crippen molar-refractivity contribution in [2.45, 2.75) is 6.04 Å². The molecule has 14 heavy (non-hydrogen) atoms. The molecule has 0 bridgehead atoms. The molecule has 1 atom stereocenters. The fourth-order valence-corrected chi connectivity index (χ4v) is 0.989. The molecule has 1 rings (SSSR count). The molecule has 5 heteroatoms. The van der Waals surface area contributed by atoms with Crippen molar-refractivity contribution in [3.05, 3.63) is 23.9 Å². The van der Waals surface area contributed by atoms with Crippen LogP contribution in [0.15, 0.2) is 18.3 Å². The Bertz CT molecular complexity index is 321. The maximum Gasteiger partial charge on any atom is 0.325 e. The molecular formula is C9H13N3O2. The zero-order chi connectivity index (χ0) is 10.7. The highest BCUT2D eigenvalue weighted by atomic mass is 16.4. The Morgan fingerprint density at radius 1 is 1.57 bits per heavy atom. The molecule has 0 aliphatic carbocycles. The minimum absolute atomic E-state index is 0.503. The molecule has 0 radical (unpaired) electrons. The van der Waals surface area contributed by atoms with E-state index < -0.39 is 12.0 Å². The Morgan fingerprint density at radius 2 is 2.21 bits per heavy atom. The van der Waals surface area contributed by atoms with Gasteiger partial charge in [-0.05, 0) is 11.6 Å². The molecule has 0 spiro atoms. The van der Waals surface area contributed by atoms with E-state index in [9.17, 15) is 4.79 Å². The second kappa shape index (κ2) is 4.06. The second-order valence-corrected chi connectivity index (χ2v) is 3.16. The third-order valence-corrected chi connectivity index (χ3v) is 1.85. The molecule has 1 aromatic heterocycles. The standard InChI is InChI=1S/C9H13N3O2/c1-12(2)7-4-3-6(5-11-7)8(10)9(13)14/h3-5,8H,10H2,1-2H3,(H,13,14)/t8-/m0/s1. The lowest BCUT2D eigenvalue weighted by atomic mass is 10.1. The molecule has 76 valence electrons. The number of hydrogen-bond donors (Lipinski definition) is 2. The van der Waals surface area contributed by atoms with Crippen molar-refractivity contribution < 1.29 is 9.90 Å². The summed E-state index contributed by atoms with van der Waals surface area (Å²) in [5.74, 6) is -0.282. The van der Waals surface area contributed by atoms with Crippen LogP contribution in [-0.2, 0) is 4.79 Å². The number of anilines is 1. The van der Waals surface area contributed by atoms with Gasteiger partial charge in [-0.3, -0.25) is 4.79 Å². The predicted molar refractivity (Wildman–Crippen MR) is 53.1 cm³/mol. The second-order valence-electron chi connectivity index (χ2n) is 3.16. The van der Waals surface area contributed by atoms with Gasteiger partial charge in [-0.2, -0.15) is 0 Å². The smallest absolute Gasteiger partial charge is 0.325 e. The molecule has 3 N–H and O–H groups in total. The number of pyridine rings is 1. The van der Waals surface area contributed by atoms with Gasteiger partial charge < -0.3 is 15.7 Å². The lowest BCUT2D eigenvalue weighted by Gasteiger charge is -2.12. The summed E-state index contributed by atoms with van der Waals surface area (Å²) >= 11 is 0. The third-order valence-electron chi connectivity index (χ3n) is 1.85. The minimum Gasteiger partial charge on any atom is -0.480 e. The van der Waals surface area contributed by atoms with E-state index in [1.807, 2.05) is 19.0 Å². The van der Waals surface area contributed by atoms with Crippen LogP contribution in [0, 0.1) is 0 Å². The number of aromatic nitrogens is 1. The Labute approximate surface area is 82.2 Å². The van der Waals surface area contributed by atoms with E-state index in [1.165, 1.54) is 6.20 Å². The van der Waals surface area contributed by atoms with E-state index in [0.717, 1.165) is 5.82 Å². The summed E-state index contributed by atoms with van der Waals surface area (Å²) in [6.45, 7) is 0. The zero-order valence-corrected chi connectivity index (χ0v) is 8.14. The van der Waals surface area contributed by atoms with Gasteiger partial charge in [0.2, 0.25) is 0 Å². The number of nitrogens with two attached hydrogens (primary N) is 1. The summed E-state index contributed by atoms with van der Waals surface area (Å²) in [7, 11) is 3.72. The first kappa shape index (κ1) is 10.5. The van der Waals surface area contributed by atoms with Crippen molar-refractivity contribution in [2.75, 3.05) is 19.0 Å². The molecule has 0 fully saturated rings. The Hall–Kier alpha value is -1.62. The van der Waals surface area contributed by atoms with Crippen molar-refractivity contribution in [1.29, 1.82) is 0 Å². The SMILES string of the molecule is CN(C)c1ccc([C@H](N)C(=O)O)cn1. The number of carbonyl (C=O) groups is 1. The van der Waals surface area contributed by atoms with Gasteiger partial charge in [0.05, 0.1) is 0 Å². The topological polar surface area (TPSA) is 79.5 Å². The van der Waals surface area contributed by atoms with E-state index in [2.05, 4.69) is 4.98 Å². The van der Waals surface area contributed by atoms with Crippen LogP contribution in [0.5, 0.6) is 0 Å². The van der Waals surface area contributed by atoms with Crippen LogP contribution in [0.25, 0.3) is 0 Å². The van der Waals surface area contributed by atoms with Gasteiger partial charge in [-0.1, -0.05) is 6.07 Å². The van der Waals surface area contributed by atoms with Crippen LogP contribution in [0.2, 0.25) is 0 Å². The van der Waals surface area contributed by atoms with E-state index in [1.54, 1.807) is 12.1 Å². The fraction of sp³-hybridized carbons (Fsp3) is 0.333. The average Bonchev–Trinajstić information content (AvgIpc) is 2.16. The number of hydrogen-bond acceptors (Lipinski definition) is 4. The zero-order valence-electron chi connectivity index (χ0n) is 8.14. The fourth-order valence-electron chi connectivity index (χ4n) is 0.989. The van der Waals surface area contributed by atoms with Crippen LogP contribution in [0.4, 0.5) is 5.82 Å². The van der Waals surface area contributed by atoms with Crippen LogP contribution in [-0.4, -0.2) is 30.2 Å². The minimum atomic E-state index is -1.05. The van der Waals surface area contributed by atoms with Crippen molar-refractivity contribution in [1.82, 2.24) is 4.98 Å². The van der Waals surface area contributed by atoms with E-state index in [4.69, 9.17) is 10.8 Å². The maximum absolute atomic E-state index is 10.6. The molecule has 0 amide bonds. The Morgan fingerprint density at radius 3 is 2.57 bits per heavy atom. The van der Waals surface area contributed by atoms with Crippen LogP contribution < -0.4 is 10.6 Å². The highest BCUT2D eigenvalue weighted by Gasteiger charge is 2.14. The number of rotatable bonds is 3. The number of aliphatic carboxylic acids is 1. The normalized spacial score (nSPS) is 12.2. The number of nitrogens with zero attached hydrogens (tertiary/aromatic N) is 2. The highest BCUT2D eigenvalue weighted by Crippen LogP contribution is 2.12. The average molecular weight is 195 g/mol. The van der Waals surface area contributed by atoms with Gasteiger partial charge in [-0.25, -0.2) is 4.98 Å². The summed E-state index contributed by atoms with van der Waals surface area (Å²) in [5, 5.41) is 8.65. The maximum atomic E-state index is 10.6. The molecule has 0 saturated carbocycles. The van der Waals surface area contributed by atoms with Crippen LogP contribution in [0.1, 0.15) is 11.6 Å². The molecule has 1 aromatic rings. The molecule has 0 aromatic carbocycles. The lowest BCUT2D eigenvalue weighted by molar-refractivity contribution is -0.138. The van der Waals surface area contributed by atoms with Crippen molar-refractivity contribution >= 4 is 11.8 Å². The van der Waals surface area contributed by atoms with E-state index >= 15 is 0 Å². The van der Waals surface area contributed by atoms with Gasteiger partial charge in [0.25, 0.3) is 0 Å². The molecule has 0 unspecified atom stereocenters. The summed E-state index contributed by atoms with van der Waals surface area (Å²) < 4.78 is 0. The molecule has 0 aliphatic rings. The molecular weight excluding hydrogens is 182 g/mol. The number of carboxylic acids is 1.